The second-order valence-corrected chi connectivity index (χ2v) is 12.7. The number of likely N-dealkylation sites (N-methyl/N-ethyl adjacent to an activating group) is 1. The van der Waals surface area contributed by atoms with Crippen LogP contribution in [0.15, 0.2) is 35.6 Å². The number of rotatable bonds is 7. The fourth-order valence-corrected chi connectivity index (χ4v) is 6.97. The second-order valence-electron chi connectivity index (χ2n) is 11.0. The van der Waals surface area contributed by atoms with Gasteiger partial charge in [-0.15, -0.1) is 20.6 Å². The minimum atomic E-state index is -0.499. The Balaban J connectivity index is 1.42. The molecular formula is C29H31FN9OPS. The highest BCUT2D eigenvalue weighted by Gasteiger charge is 2.40. The van der Waals surface area contributed by atoms with E-state index in [0.717, 1.165) is 63.5 Å². The first-order valence-corrected chi connectivity index (χ1v) is 14.8. The topological polar surface area (TPSA) is 129 Å². The van der Waals surface area contributed by atoms with Crippen LogP contribution in [0.25, 0.3) is 21.3 Å². The highest BCUT2D eigenvalue weighted by molar-refractivity contribution is 7.28. The third-order valence-electron chi connectivity index (χ3n) is 8.08. The van der Waals surface area contributed by atoms with Crippen molar-refractivity contribution < 1.29 is 9.13 Å². The summed E-state index contributed by atoms with van der Waals surface area (Å²) < 4.78 is 21.1. The summed E-state index contributed by atoms with van der Waals surface area (Å²) in [4.78, 5) is 14.0. The van der Waals surface area contributed by atoms with Gasteiger partial charge in [-0.2, -0.15) is 15.5 Å². The molecule has 5 heterocycles. The van der Waals surface area contributed by atoms with Crippen LogP contribution < -0.4 is 16.4 Å². The van der Waals surface area contributed by atoms with Gasteiger partial charge in [0.2, 0.25) is 0 Å². The van der Waals surface area contributed by atoms with Gasteiger partial charge in [0.1, 0.15) is 16.9 Å². The molecule has 0 radical (unpaired) electrons. The molecule has 6 rings (SSSR count). The van der Waals surface area contributed by atoms with Crippen molar-refractivity contribution in [2.24, 2.45) is 4.99 Å². The summed E-state index contributed by atoms with van der Waals surface area (Å²) >= 11 is 1.06. The number of hydrogen-bond donors (Lipinski definition) is 2. The van der Waals surface area contributed by atoms with E-state index in [4.69, 9.17) is 15.5 Å². The quantitative estimate of drug-likeness (QED) is 0.186. The predicted octanol–water partition coefficient (Wildman–Crippen LogP) is 3.01. The van der Waals surface area contributed by atoms with Crippen LogP contribution in [0.4, 0.5) is 9.39 Å². The van der Waals surface area contributed by atoms with E-state index in [0.29, 0.717) is 42.2 Å². The number of aromatic nitrogens is 3. The van der Waals surface area contributed by atoms with Gasteiger partial charge in [-0.25, -0.2) is 4.39 Å². The number of thiophene rings is 1. The van der Waals surface area contributed by atoms with E-state index >= 15 is 0 Å². The van der Waals surface area contributed by atoms with Gasteiger partial charge in [0.15, 0.2) is 5.82 Å². The minimum Gasteiger partial charge on any atom is -0.389 e. The Morgan fingerprint density at radius 3 is 2.86 bits per heavy atom. The normalized spacial score (nSPS) is 16.5. The van der Waals surface area contributed by atoms with E-state index in [-0.39, 0.29) is 16.1 Å². The number of nitrogen functional groups attached to an aromatic ring is 1. The Kier molecular flexibility index (Phi) is 7.64. The molecule has 3 N–H and O–H groups in total. The molecule has 3 aromatic heterocycles. The summed E-state index contributed by atoms with van der Waals surface area (Å²) in [6, 6.07) is 7.93. The summed E-state index contributed by atoms with van der Waals surface area (Å²) in [5, 5.41) is 23.2. The van der Waals surface area contributed by atoms with Crippen LogP contribution in [-0.4, -0.2) is 70.2 Å². The average Bonchev–Trinajstić information content (AvgIpc) is 3.57. The third-order valence-corrected chi connectivity index (χ3v) is 9.56. The molecular weight excluding hydrogens is 572 g/mol. The summed E-state index contributed by atoms with van der Waals surface area (Å²) in [5.74, 6) is 0.228. The van der Waals surface area contributed by atoms with Crippen LogP contribution in [0, 0.1) is 17.1 Å². The number of pyridine rings is 1. The van der Waals surface area contributed by atoms with Crippen LogP contribution in [0.3, 0.4) is 0 Å². The number of nitriles is 1. The number of halogens is 1. The van der Waals surface area contributed by atoms with Crippen molar-refractivity contribution in [3.8, 4) is 17.3 Å². The Bertz CT molecular complexity index is 1750. The Hall–Kier alpha value is -3.59. The smallest absolute Gasteiger partial charge is 0.159 e. The number of nitrogens with zero attached hydrogens (tertiary/aromatic N) is 7. The largest absolute Gasteiger partial charge is 0.389 e. The molecule has 1 saturated heterocycles. The van der Waals surface area contributed by atoms with Gasteiger partial charge in [-0.1, -0.05) is 0 Å². The standard InChI is InChI=1S/C29H31FN9OPS/c1-29(38(2)3)13-39(14-29)15-35-28(34-9-16-5-4-6-36-37-16)17-7-22(41)23(20-12-40-11-19(17)20)25-24-18(8-31)27(32)42-26(24)21(30)10-33-25/h4-7,10H,9,11-15,32,41H2,1-3H3,(H,34,35). The highest BCUT2D eigenvalue weighted by Crippen LogP contribution is 2.42. The lowest BCUT2D eigenvalue weighted by molar-refractivity contribution is -0.0170. The number of hydrogen-bond acceptors (Lipinski definition) is 10. The van der Waals surface area contributed by atoms with E-state index in [1.165, 1.54) is 6.20 Å². The molecule has 1 aromatic carbocycles. The maximum absolute atomic E-state index is 14.8. The molecule has 10 nitrogen and oxygen atoms in total. The highest BCUT2D eigenvalue weighted by atomic mass is 32.1. The lowest BCUT2D eigenvalue weighted by atomic mass is 9.91. The molecule has 0 amide bonds. The number of nitrogens with two attached hydrogens (primary N) is 1. The Morgan fingerprint density at radius 2 is 2.14 bits per heavy atom. The zero-order valence-electron chi connectivity index (χ0n) is 23.6. The molecule has 1 atom stereocenters. The predicted molar refractivity (Wildman–Crippen MR) is 166 cm³/mol. The van der Waals surface area contributed by atoms with Crippen LogP contribution in [-0.2, 0) is 24.5 Å². The van der Waals surface area contributed by atoms with Gasteiger partial charge < -0.3 is 20.7 Å². The van der Waals surface area contributed by atoms with Gasteiger partial charge in [0, 0.05) is 41.3 Å². The summed E-state index contributed by atoms with van der Waals surface area (Å²) in [6.07, 6.45) is 2.83. The maximum atomic E-state index is 14.8. The number of benzene rings is 1. The summed E-state index contributed by atoms with van der Waals surface area (Å²) in [7, 11) is 7.00. The molecule has 1 fully saturated rings. The monoisotopic (exact) mass is 603 g/mol. The van der Waals surface area contributed by atoms with E-state index in [1.807, 2.05) is 18.2 Å². The third kappa shape index (κ3) is 5.02. The van der Waals surface area contributed by atoms with Crippen LogP contribution in [0.1, 0.15) is 34.9 Å². The van der Waals surface area contributed by atoms with Gasteiger partial charge in [-0.05, 0) is 55.6 Å². The summed E-state index contributed by atoms with van der Waals surface area (Å²) in [5.41, 5.74) is 11.4. The van der Waals surface area contributed by atoms with Crippen molar-refractivity contribution in [3.63, 3.8) is 0 Å². The van der Waals surface area contributed by atoms with Crippen molar-refractivity contribution in [2.45, 2.75) is 32.2 Å². The Morgan fingerprint density at radius 1 is 1.36 bits per heavy atom. The van der Waals surface area contributed by atoms with Crippen molar-refractivity contribution >= 4 is 46.8 Å². The van der Waals surface area contributed by atoms with Gasteiger partial charge in [0.25, 0.3) is 0 Å². The van der Waals surface area contributed by atoms with E-state index in [2.05, 4.69) is 66.6 Å². The molecule has 13 heteroatoms. The van der Waals surface area contributed by atoms with Gasteiger partial charge >= 0.3 is 0 Å². The number of likely N-dealkylation sites (tertiary alicyclic amines) is 1. The zero-order valence-corrected chi connectivity index (χ0v) is 25.6. The molecule has 42 heavy (non-hydrogen) atoms. The number of nitrogens with one attached hydrogen (secondary N) is 1. The molecule has 0 bridgehead atoms. The van der Waals surface area contributed by atoms with Crippen LogP contribution >= 0.6 is 20.6 Å². The Labute approximate surface area is 249 Å². The van der Waals surface area contributed by atoms with Crippen LogP contribution in [0.5, 0.6) is 0 Å². The van der Waals surface area contributed by atoms with Crippen molar-refractivity contribution in [1.29, 1.82) is 5.26 Å². The average molecular weight is 604 g/mol. The lowest BCUT2D eigenvalue weighted by Crippen LogP contribution is -2.68. The molecule has 0 saturated carbocycles. The lowest BCUT2D eigenvalue weighted by Gasteiger charge is -2.52. The zero-order chi connectivity index (χ0) is 29.6. The number of ether oxygens (including phenoxy) is 1. The molecule has 216 valence electrons. The number of aliphatic imine (C=N–C) groups is 1. The minimum absolute atomic E-state index is 0.142. The second kappa shape index (κ2) is 11.2. The molecule has 0 aliphatic carbocycles. The van der Waals surface area contributed by atoms with Gasteiger partial charge in [0.05, 0.1) is 54.3 Å². The van der Waals surface area contributed by atoms with E-state index in [1.54, 1.807) is 6.20 Å². The first-order chi connectivity index (χ1) is 20.2. The summed E-state index contributed by atoms with van der Waals surface area (Å²) in [6.45, 7) is 5.87. The molecule has 4 aromatic rings. The van der Waals surface area contributed by atoms with Crippen molar-refractivity contribution in [3.05, 3.63) is 64.4 Å². The molecule has 2 aliphatic heterocycles. The first-order valence-electron chi connectivity index (χ1n) is 13.4. The molecule has 2 aliphatic rings. The van der Waals surface area contributed by atoms with Crippen molar-refractivity contribution in [1.82, 2.24) is 30.3 Å². The SMILES string of the molecule is CN(C)C1(C)CN(CNC(=NCc2cccnn2)c2cc(P)c(-c3ncc(F)c4sc(N)c(C#N)c34)c3c2COC3)C1. The fraction of sp³-hybridized carbons (Fsp3) is 0.345. The number of anilines is 1. The number of amidine groups is 1. The van der Waals surface area contributed by atoms with Crippen LogP contribution in [0.2, 0.25) is 0 Å². The number of fused-ring (bicyclic) bond motifs is 2. The maximum Gasteiger partial charge on any atom is 0.159 e. The first kappa shape index (κ1) is 28.5. The fourth-order valence-electron chi connectivity index (χ4n) is 5.57. The van der Waals surface area contributed by atoms with Gasteiger partial charge in [-0.3, -0.25) is 14.9 Å². The molecule has 1 unspecified atom stereocenters. The van der Waals surface area contributed by atoms with Crippen molar-refractivity contribution in [2.75, 3.05) is 39.6 Å². The molecule has 0 spiro atoms. The van der Waals surface area contributed by atoms with E-state index in [9.17, 15) is 9.65 Å². The van der Waals surface area contributed by atoms with E-state index < -0.39 is 5.82 Å².